The molecule has 1 fully saturated rings. The van der Waals surface area contributed by atoms with Gasteiger partial charge in [-0.05, 0) is 32.7 Å². The van der Waals surface area contributed by atoms with Gasteiger partial charge in [0, 0.05) is 6.61 Å². The van der Waals surface area contributed by atoms with E-state index in [-0.39, 0.29) is 5.91 Å². The maximum atomic E-state index is 11.4. The Kier molecular flexibility index (Phi) is 5.92. The van der Waals surface area contributed by atoms with Crippen LogP contribution < -0.4 is 11.1 Å². The van der Waals surface area contributed by atoms with Crippen molar-refractivity contribution in [1.82, 2.24) is 5.32 Å². The summed E-state index contributed by atoms with van der Waals surface area (Å²) in [7, 11) is 0. The molecule has 1 aliphatic carbocycles. The van der Waals surface area contributed by atoms with Crippen molar-refractivity contribution in [3.63, 3.8) is 0 Å². The molecule has 1 rings (SSSR count). The van der Waals surface area contributed by atoms with Crippen molar-refractivity contribution in [2.45, 2.75) is 64.0 Å². The molecule has 1 atom stereocenters. The number of rotatable bonds is 7. The third-order valence-corrected chi connectivity index (χ3v) is 3.62. The molecule has 100 valence electrons. The maximum Gasteiger partial charge on any atom is 0.237 e. The van der Waals surface area contributed by atoms with Gasteiger partial charge in [0.15, 0.2) is 0 Å². The van der Waals surface area contributed by atoms with Crippen LogP contribution in [0.1, 0.15) is 52.4 Å². The molecule has 1 aliphatic rings. The monoisotopic (exact) mass is 242 g/mol. The minimum absolute atomic E-state index is 0.299. The summed E-state index contributed by atoms with van der Waals surface area (Å²) in [5.41, 5.74) is 4.78. The van der Waals surface area contributed by atoms with E-state index in [4.69, 9.17) is 10.5 Å². The van der Waals surface area contributed by atoms with E-state index in [0.717, 1.165) is 19.4 Å². The van der Waals surface area contributed by atoms with Gasteiger partial charge in [-0.15, -0.1) is 0 Å². The molecular formula is C13H26N2O2. The molecule has 1 saturated carbocycles. The average molecular weight is 242 g/mol. The van der Waals surface area contributed by atoms with Crippen LogP contribution in [0, 0.1) is 0 Å². The Balaban J connectivity index is 2.28. The average Bonchev–Trinajstić information content (AvgIpc) is 2.30. The summed E-state index contributed by atoms with van der Waals surface area (Å²) in [6.07, 6.45) is 7.23. The van der Waals surface area contributed by atoms with Crippen LogP contribution in [0.4, 0.5) is 0 Å². The standard InChI is InChI=1S/C13H26N2O2/c1-3-15-13(2,12(14)16)9-10-17-11-7-5-4-6-8-11/h11,15H,3-10H2,1-2H3,(H2,14,16). The minimum Gasteiger partial charge on any atom is -0.378 e. The Labute approximate surface area is 104 Å². The zero-order chi connectivity index (χ0) is 12.7. The highest BCUT2D eigenvalue weighted by atomic mass is 16.5. The molecule has 4 nitrogen and oxygen atoms in total. The molecule has 3 N–H and O–H groups in total. The Morgan fingerprint density at radius 2 is 2.06 bits per heavy atom. The third-order valence-electron chi connectivity index (χ3n) is 3.62. The van der Waals surface area contributed by atoms with Crippen molar-refractivity contribution in [2.24, 2.45) is 5.73 Å². The normalized spacial score (nSPS) is 21.1. The topological polar surface area (TPSA) is 64.3 Å². The summed E-state index contributed by atoms with van der Waals surface area (Å²) in [6.45, 7) is 5.17. The smallest absolute Gasteiger partial charge is 0.237 e. The fraction of sp³-hybridized carbons (Fsp3) is 0.923. The van der Waals surface area contributed by atoms with Gasteiger partial charge in [0.25, 0.3) is 0 Å². The number of carbonyl (C=O) groups is 1. The Morgan fingerprint density at radius 3 is 2.59 bits per heavy atom. The Bertz CT molecular complexity index is 240. The van der Waals surface area contributed by atoms with E-state index in [0.29, 0.717) is 19.1 Å². The summed E-state index contributed by atoms with van der Waals surface area (Å²) in [5.74, 6) is -0.299. The molecule has 0 aromatic heterocycles. The predicted molar refractivity (Wildman–Crippen MR) is 68.7 cm³/mol. The van der Waals surface area contributed by atoms with E-state index >= 15 is 0 Å². The molecule has 0 heterocycles. The molecule has 4 heteroatoms. The zero-order valence-corrected chi connectivity index (χ0v) is 11.1. The second-order valence-electron chi connectivity index (χ2n) is 5.11. The lowest BCUT2D eigenvalue weighted by Gasteiger charge is -2.28. The molecule has 0 radical (unpaired) electrons. The van der Waals surface area contributed by atoms with E-state index in [1.807, 2.05) is 13.8 Å². The summed E-state index contributed by atoms with van der Waals surface area (Å²) in [5, 5.41) is 3.14. The van der Waals surface area contributed by atoms with Crippen LogP contribution in [0.15, 0.2) is 0 Å². The van der Waals surface area contributed by atoms with E-state index in [1.54, 1.807) is 0 Å². The fourth-order valence-electron chi connectivity index (χ4n) is 2.35. The van der Waals surface area contributed by atoms with Gasteiger partial charge in [0.05, 0.1) is 11.6 Å². The van der Waals surface area contributed by atoms with Crippen LogP contribution in [0.2, 0.25) is 0 Å². The second kappa shape index (κ2) is 6.97. The highest BCUT2D eigenvalue weighted by Gasteiger charge is 2.29. The van der Waals surface area contributed by atoms with Crippen LogP contribution in [0.25, 0.3) is 0 Å². The molecular weight excluding hydrogens is 216 g/mol. The first-order chi connectivity index (χ1) is 8.08. The number of hydrogen-bond donors (Lipinski definition) is 2. The second-order valence-corrected chi connectivity index (χ2v) is 5.11. The number of hydrogen-bond acceptors (Lipinski definition) is 3. The lowest BCUT2D eigenvalue weighted by Crippen LogP contribution is -2.53. The number of likely N-dealkylation sites (N-methyl/N-ethyl adjacent to an activating group) is 1. The first-order valence-corrected chi connectivity index (χ1v) is 6.75. The first-order valence-electron chi connectivity index (χ1n) is 6.75. The van der Waals surface area contributed by atoms with Gasteiger partial charge in [0.2, 0.25) is 5.91 Å². The molecule has 17 heavy (non-hydrogen) atoms. The summed E-state index contributed by atoms with van der Waals surface area (Å²) in [4.78, 5) is 11.4. The largest absolute Gasteiger partial charge is 0.378 e. The lowest BCUT2D eigenvalue weighted by molar-refractivity contribution is -0.124. The van der Waals surface area contributed by atoms with Gasteiger partial charge in [0.1, 0.15) is 0 Å². The van der Waals surface area contributed by atoms with Crippen molar-refractivity contribution >= 4 is 5.91 Å². The predicted octanol–water partition coefficient (Wildman–Crippen LogP) is 1.58. The highest BCUT2D eigenvalue weighted by Crippen LogP contribution is 2.21. The first kappa shape index (κ1) is 14.5. The molecule has 0 spiro atoms. The number of nitrogens with two attached hydrogens (primary N) is 1. The maximum absolute atomic E-state index is 11.4. The van der Waals surface area contributed by atoms with Gasteiger partial charge in [-0.25, -0.2) is 0 Å². The van der Waals surface area contributed by atoms with Gasteiger partial charge < -0.3 is 15.8 Å². The number of amides is 1. The summed E-state index contributed by atoms with van der Waals surface area (Å²) < 4.78 is 5.83. The SMILES string of the molecule is CCNC(C)(CCOC1CCCCC1)C(N)=O. The van der Waals surface area contributed by atoms with Crippen LogP contribution >= 0.6 is 0 Å². The zero-order valence-electron chi connectivity index (χ0n) is 11.1. The highest BCUT2D eigenvalue weighted by molar-refractivity contribution is 5.84. The number of nitrogens with one attached hydrogen (secondary N) is 1. The van der Waals surface area contributed by atoms with E-state index < -0.39 is 5.54 Å². The van der Waals surface area contributed by atoms with Crippen LogP contribution in [-0.2, 0) is 9.53 Å². The van der Waals surface area contributed by atoms with Crippen molar-refractivity contribution in [2.75, 3.05) is 13.2 Å². The summed E-state index contributed by atoms with van der Waals surface area (Å²) >= 11 is 0. The molecule has 1 unspecified atom stereocenters. The Morgan fingerprint density at radius 1 is 1.41 bits per heavy atom. The van der Waals surface area contributed by atoms with E-state index in [9.17, 15) is 4.79 Å². The van der Waals surface area contributed by atoms with E-state index in [1.165, 1.54) is 19.3 Å². The van der Waals surface area contributed by atoms with Gasteiger partial charge in [-0.2, -0.15) is 0 Å². The van der Waals surface area contributed by atoms with Crippen LogP contribution in [-0.4, -0.2) is 30.7 Å². The Hall–Kier alpha value is -0.610. The molecule has 0 saturated heterocycles. The molecule has 0 aromatic carbocycles. The molecule has 0 aromatic rings. The molecule has 0 aliphatic heterocycles. The van der Waals surface area contributed by atoms with Gasteiger partial charge in [-0.1, -0.05) is 26.2 Å². The van der Waals surface area contributed by atoms with Gasteiger partial charge in [-0.3, -0.25) is 4.79 Å². The number of primary amides is 1. The lowest BCUT2D eigenvalue weighted by atomic mass is 9.96. The van der Waals surface area contributed by atoms with E-state index in [2.05, 4.69) is 5.32 Å². The third kappa shape index (κ3) is 4.64. The van der Waals surface area contributed by atoms with Crippen molar-refractivity contribution in [1.29, 1.82) is 0 Å². The summed E-state index contributed by atoms with van der Waals surface area (Å²) in [6, 6.07) is 0. The number of ether oxygens (including phenoxy) is 1. The number of carbonyl (C=O) groups excluding carboxylic acids is 1. The van der Waals surface area contributed by atoms with Crippen molar-refractivity contribution in [3.8, 4) is 0 Å². The van der Waals surface area contributed by atoms with Crippen molar-refractivity contribution < 1.29 is 9.53 Å². The van der Waals surface area contributed by atoms with Crippen LogP contribution in [0.3, 0.4) is 0 Å². The van der Waals surface area contributed by atoms with Gasteiger partial charge >= 0.3 is 0 Å². The minimum atomic E-state index is -0.635. The molecule has 1 amide bonds. The fourth-order valence-corrected chi connectivity index (χ4v) is 2.35. The quantitative estimate of drug-likeness (QED) is 0.712. The molecule has 0 bridgehead atoms. The van der Waals surface area contributed by atoms with Crippen LogP contribution in [0.5, 0.6) is 0 Å². The van der Waals surface area contributed by atoms with Crippen molar-refractivity contribution in [3.05, 3.63) is 0 Å².